The van der Waals surface area contributed by atoms with E-state index in [-0.39, 0.29) is 5.75 Å². The van der Waals surface area contributed by atoms with Crippen molar-refractivity contribution in [3.8, 4) is 17.0 Å². The third-order valence-corrected chi connectivity index (χ3v) is 5.26. The van der Waals surface area contributed by atoms with E-state index in [2.05, 4.69) is 30.1 Å². The van der Waals surface area contributed by atoms with Crippen LogP contribution in [-0.2, 0) is 0 Å². The lowest BCUT2D eigenvalue weighted by Gasteiger charge is -2.21. The molecule has 4 N–H and O–H groups in total. The largest absolute Gasteiger partial charge is 0.487 e. The van der Waals surface area contributed by atoms with Gasteiger partial charge in [-0.25, -0.2) is 4.98 Å². The molecule has 1 fully saturated rings. The normalized spacial score (nSPS) is 16.2. The maximum Gasteiger partial charge on any atom is 0.487 e. The van der Waals surface area contributed by atoms with E-state index in [1.807, 2.05) is 6.07 Å². The topological polar surface area (TPSA) is 109 Å². The molecule has 2 aromatic heterocycles. The standard InChI is InChI=1S/C21H21ClF2N6O2/c22-21(23,24)32-16-3-1-15(2-4-16)28-20(31)14-9-17(18-5-7-27-29-18)19(26-11-14)30-8-6-13(10-25)12-30/h1-5,7,9,11,13H,6,8,10,12,25H2,(H,27,29)(H,28,31). The highest BCUT2D eigenvalue weighted by Gasteiger charge is 2.28. The van der Waals surface area contributed by atoms with Crippen molar-refractivity contribution in [3.05, 3.63) is 54.4 Å². The first kappa shape index (κ1) is 22.0. The van der Waals surface area contributed by atoms with Gasteiger partial charge in [0.1, 0.15) is 11.6 Å². The molecule has 1 unspecified atom stereocenters. The summed E-state index contributed by atoms with van der Waals surface area (Å²) in [5.74, 6) is 0.629. The number of ether oxygens (including phenoxy) is 1. The van der Waals surface area contributed by atoms with Crippen LogP contribution in [0.5, 0.6) is 5.75 Å². The number of halogens is 3. The van der Waals surface area contributed by atoms with Gasteiger partial charge in [0.2, 0.25) is 0 Å². The monoisotopic (exact) mass is 462 g/mol. The number of nitrogens with two attached hydrogens (primary N) is 1. The Hall–Kier alpha value is -3.24. The summed E-state index contributed by atoms with van der Waals surface area (Å²) in [7, 11) is 0. The molecule has 0 spiro atoms. The van der Waals surface area contributed by atoms with Gasteiger partial charge in [-0.15, -0.1) is 8.78 Å². The molecular formula is C21H21ClF2N6O2. The molecular weight excluding hydrogens is 442 g/mol. The Morgan fingerprint density at radius 3 is 2.75 bits per heavy atom. The predicted octanol–water partition coefficient (Wildman–Crippen LogP) is 3.68. The number of carbonyl (C=O) groups excluding carboxylic acids is 1. The van der Waals surface area contributed by atoms with Crippen molar-refractivity contribution in [2.24, 2.45) is 11.7 Å². The van der Waals surface area contributed by atoms with Gasteiger partial charge in [0.25, 0.3) is 5.91 Å². The minimum Gasteiger partial charge on any atom is -0.420 e. The van der Waals surface area contributed by atoms with Crippen molar-refractivity contribution in [3.63, 3.8) is 0 Å². The van der Waals surface area contributed by atoms with E-state index in [9.17, 15) is 13.6 Å². The van der Waals surface area contributed by atoms with Crippen LogP contribution in [0.3, 0.4) is 0 Å². The first-order valence-corrected chi connectivity index (χ1v) is 10.3. The Bertz CT molecular complexity index is 1070. The van der Waals surface area contributed by atoms with Gasteiger partial charge in [0.05, 0.1) is 11.3 Å². The fourth-order valence-electron chi connectivity index (χ4n) is 3.60. The number of hydrogen-bond acceptors (Lipinski definition) is 6. The van der Waals surface area contributed by atoms with Crippen molar-refractivity contribution in [1.29, 1.82) is 0 Å². The molecule has 1 saturated heterocycles. The number of nitrogens with zero attached hydrogens (tertiary/aromatic N) is 3. The Balaban J connectivity index is 1.54. The molecule has 11 heteroatoms. The number of alkyl halides is 3. The number of rotatable bonds is 7. The van der Waals surface area contributed by atoms with Crippen molar-refractivity contribution in [2.45, 2.75) is 12.0 Å². The highest BCUT2D eigenvalue weighted by molar-refractivity contribution is 6.20. The van der Waals surface area contributed by atoms with Crippen LogP contribution in [0.2, 0.25) is 0 Å². The van der Waals surface area contributed by atoms with Crippen molar-refractivity contribution < 1.29 is 18.3 Å². The second-order valence-electron chi connectivity index (χ2n) is 7.43. The molecule has 4 rings (SSSR count). The quantitative estimate of drug-likeness (QED) is 0.462. The minimum absolute atomic E-state index is 0.128. The summed E-state index contributed by atoms with van der Waals surface area (Å²) in [4.78, 5) is 19.5. The molecule has 1 aromatic carbocycles. The average molecular weight is 463 g/mol. The minimum atomic E-state index is -3.80. The molecule has 32 heavy (non-hydrogen) atoms. The molecule has 168 valence electrons. The second-order valence-corrected chi connectivity index (χ2v) is 7.87. The number of benzene rings is 1. The van der Waals surface area contributed by atoms with Gasteiger partial charge >= 0.3 is 5.57 Å². The second kappa shape index (κ2) is 9.09. The van der Waals surface area contributed by atoms with Crippen LogP contribution in [0, 0.1) is 5.92 Å². The number of aromatic amines is 1. The number of H-pyrrole nitrogens is 1. The molecule has 0 aliphatic carbocycles. The molecule has 3 heterocycles. The Morgan fingerprint density at radius 1 is 1.34 bits per heavy atom. The number of pyridine rings is 1. The summed E-state index contributed by atoms with van der Waals surface area (Å²) in [5, 5.41) is 9.65. The van der Waals surface area contributed by atoms with E-state index in [4.69, 9.17) is 17.3 Å². The molecule has 1 amide bonds. The van der Waals surface area contributed by atoms with Crippen LogP contribution >= 0.6 is 11.6 Å². The fraction of sp³-hybridized carbons (Fsp3) is 0.286. The molecule has 8 nitrogen and oxygen atoms in total. The van der Waals surface area contributed by atoms with Gasteiger partial charge < -0.3 is 20.7 Å². The summed E-state index contributed by atoms with van der Waals surface area (Å²) >= 11 is 4.76. The number of aromatic nitrogens is 3. The smallest absolute Gasteiger partial charge is 0.420 e. The lowest BCUT2D eigenvalue weighted by atomic mass is 10.1. The molecule has 0 bridgehead atoms. The number of nitrogens with one attached hydrogen (secondary N) is 2. The maximum absolute atomic E-state index is 12.8. The van der Waals surface area contributed by atoms with E-state index in [0.29, 0.717) is 23.7 Å². The third kappa shape index (κ3) is 5.14. The van der Waals surface area contributed by atoms with E-state index in [0.717, 1.165) is 36.6 Å². The maximum atomic E-state index is 12.8. The van der Waals surface area contributed by atoms with Gasteiger partial charge in [-0.2, -0.15) is 5.10 Å². The van der Waals surface area contributed by atoms with E-state index < -0.39 is 11.5 Å². The molecule has 1 aliphatic rings. The lowest BCUT2D eigenvalue weighted by molar-refractivity contribution is -0.0964. The van der Waals surface area contributed by atoms with Gasteiger partial charge in [-0.3, -0.25) is 9.89 Å². The molecule has 3 aromatic rings. The molecule has 1 aliphatic heterocycles. The first-order valence-electron chi connectivity index (χ1n) is 9.94. The van der Waals surface area contributed by atoms with Gasteiger partial charge in [0, 0.05) is 48.3 Å². The van der Waals surface area contributed by atoms with Crippen LogP contribution in [0.25, 0.3) is 11.3 Å². The summed E-state index contributed by atoms with van der Waals surface area (Å²) in [6.45, 7) is 2.24. The van der Waals surface area contributed by atoms with Crippen LogP contribution in [0.4, 0.5) is 20.3 Å². The van der Waals surface area contributed by atoms with Crippen molar-refractivity contribution >= 4 is 29.0 Å². The Morgan fingerprint density at radius 2 is 2.12 bits per heavy atom. The fourth-order valence-corrected chi connectivity index (χ4v) is 3.69. The van der Waals surface area contributed by atoms with E-state index in [1.54, 1.807) is 12.3 Å². The number of amides is 1. The average Bonchev–Trinajstić information content (AvgIpc) is 3.46. The zero-order valence-electron chi connectivity index (χ0n) is 16.9. The van der Waals surface area contributed by atoms with Gasteiger partial charge in [-0.05, 0) is 55.3 Å². The van der Waals surface area contributed by atoms with E-state index in [1.165, 1.54) is 30.5 Å². The Kier molecular flexibility index (Phi) is 6.24. The number of carbonyl (C=O) groups is 1. The summed E-state index contributed by atoms with van der Waals surface area (Å²) < 4.78 is 29.7. The highest BCUT2D eigenvalue weighted by atomic mass is 35.5. The zero-order valence-corrected chi connectivity index (χ0v) is 17.6. The summed E-state index contributed by atoms with van der Waals surface area (Å²) in [6, 6.07) is 8.99. The van der Waals surface area contributed by atoms with Crippen LogP contribution in [0.1, 0.15) is 16.8 Å². The third-order valence-electron chi connectivity index (χ3n) is 5.18. The van der Waals surface area contributed by atoms with Crippen LogP contribution in [-0.4, -0.2) is 46.3 Å². The molecule has 0 saturated carbocycles. The number of anilines is 2. The van der Waals surface area contributed by atoms with Gasteiger partial charge in [0.15, 0.2) is 0 Å². The van der Waals surface area contributed by atoms with E-state index >= 15 is 0 Å². The van der Waals surface area contributed by atoms with Crippen molar-refractivity contribution in [2.75, 3.05) is 29.9 Å². The first-order chi connectivity index (χ1) is 15.3. The van der Waals surface area contributed by atoms with Gasteiger partial charge in [-0.1, -0.05) is 0 Å². The SMILES string of the molecule is NCC1CCN(c2ncc(C(=O)Nc3ccc(OC(F)(F)Cl)cc3)cc2-c2ccn[nH]2)C1. The molecule has 0 radical (unpaired) electrons. The van der Waals surface area contributed by atoms with Crippen LogP contribution < -0.4 is 20.7 Å². The number of hydrogen-bond donors (Lipinski definition) is 3. The lowest BCUT2D eigenvalue weighted by Crippen LogP contribution is -2.24. The highest BCUT2D eigenvalue weighted by Crippen LogP contribution is 2.32. The summed E-state index contributed by atoms with van der Waals surface area (Å²) in [5.41, 5.74) is 4.23. The predicted molar refractivity (Wildman–Crippen MR) is 117 cm³/mol. The zero-order chi connectivity index (χ0) is 22.7. The summed E-state index contributed by atoms with van der Waals surface area (Å²) in [6.07, 6.45) is 4.12. The molecule has 1 atom stereocenters. The van der Waals surface area contributed by atoms with Crippen LogP contribution in [0.15, 0.2) is 48.8 Å². The van der Waals surface area contributed by atoms with Crippen molar-refractivity contribution in [1.82, 2.24) is 15.2 Å². The Labute approximate surface area is 187 Å².